The molecule has 3 rings (SSSR count). The highest BCUT2D eigenvalue weighted by Crippen LogP contribution is 2.26. The van der Waals surface area contributed by atoms with Gasteiger partial charge < -0.3 is 15.1 Å². The van der Waals surface area contributed by atoms with Gasteiger partial charge in [-0.15, -0.1) is 0 Å². The molecule has 156 valence electrons. The fraction of sp³-hybridized carbons (Fsp3) is 0.400. The molecule has 2 aromatic rings. The average Bonchev–Trinajstić information content (AvgIpc) is 3.38. The maximum Gasteiger partial charge on any atom is 0.243 e. The van der Waals surface area contributed by atoms with Crippen molar-refractivity contribution in [1.82, 2.24) is 14.9 Å². The van der Waals surface area contributed by atoms with Crippen LogP contribution in [-0.2, 0) is 26.2 Å². The Morgan fingerprint density at radius 1 is 1.24 bits per heavy atom. The van der Waals surface area contributed by atoms with Crippen LogP contribution in [0, 0.1) is 6.92 Å². The van der Waals surface area contributed by atoms with Crippen molar-refractivity contribution < 1.29 is 22.4 Å². The minimum Gasteiger partial charge on any atom is -0.467 e. The van der Waals surface area contributed by atoms with Crippen LogP contribution in [0.1, 0.15) is 31.1 Å². The predicted octanol–water partition coefficient (Wildman–Crippen LogP) is 1.56. The molecule has 1 saturated heterocycles. The molecule has 0 spiro atoms. The van der Waals surface area contributed by atoms with Crippen molar-refractivity contribution in [1.29, 1.82) is 0 Å². The normalized spacial score (nSPS) is 18.3. The van der Waals surface area contributed by atoms with Crippen molar-refractivity contribution >= 4 is 21.8 Å². The summed E-state index contributed by atoms with van der Waals surface area (Å²) >= 11 is 0. The third kappa shape index (κ3) is 4.86. The highest BCUT2D eigenvalue weighted by Gasteiger charge is 2.40. The number of carbonyl (C=O) groups is 2. The number of hydrogen-bond acceptors (Lipinski definition) is 5. The number of sulfonamides is 1. The van der Waals surface area contributed by atoms with E-state index in [1.54, 1.807) is 43.3 Å². The second kappa shape index (κ2) is 8.79. The van der Waals surface area contributed by atoms with E-state index in [4.69, 9.17) is 4.42 Å². The molecule has 1 fully saturated rings. The lowest BCUT2D eigenvalue weighted by atomic mass is 10.2. The molecular weight excluding hydrogens is 394 g/mol. The third-order valence-corrected chi connectivity index (χ3v) is 6.83. The van der Waals surface area contributed by atoms with Crippen molar-refractivity contribution in [2.45, 2.75) is 50.2 Å². The number of nitrogens with zero attached hydrogens (tertiary/aromatic N) is 1. The van der Waals surface area contributed by atoms with Crippen LogP contribution in [0.5, 0.6) is 0 Å². The number of hydrogen-bond donors (Lipinski definition) is 2. The summed E-state index contributed by atoms with van der Waals surface area (Å²) in [6.07, 6.45) is 2.51. The van der Waals surface area contributed by atoms with Crippen LogP contribution in [0.4, 0.5) is 0 Å². The van der Waals surface area contributed by atoms with Gasteiger partial charge in [0.25, 0.3) is 0 Å². The Balaban J connectivity index is 1.63. The largest absolute Gasteiger partial charge is 0.467 e. The van der Waals surface area contributed by atoms with Crippen LogP contribution in [0.15, 0.2) is 52.0 Å². The zero-order valence-electron chi connectivity index (χ0n) is 16.4. The van der Waals surface area contributed by atoms with E-state index >= 15 is 0 Å². The minimum atomic E-state index is -3.79. The van der Waals surface area contributed by atoms with Crippen LogP contribution >= 0.6 is 0 Å². The van der Waals surface area contributed by atoms with E-state index in [2.05, 4.69) is 10.6 Å². The monoisotopic (exact) mass is 419 g/mol. The Morgan fingerprint density at radius 3 is 2.62 bits per heavy atom. The molecule has 2 amide bonds. The van der Waals surface area contributed by atoms with Crippen molar-refractivity contribution in [2.24, 2.45) is 0 Å². The molecule has 1 unspecified atom stereocenters. The molecule has 8 nitrogen and oxygen atoms in total. The molecule has 1 aromatic carbocycles. The second-order valence-electron chi connectivity index (χ2n) is 7.11. The van der Waals surface area contributed by atoms with Crippen LogP contribution in [0.25, 0.3) is 0 Å². The smallest absolute Gasteiger partial charge is 0.243 e. The molecule has 0 saturated carbocycles. The number of aryl methyl sites for hydroxylation is 1. The highest BCUT2D eigenvalue weighted by atomic mass is 32.2. The highest BCUT2D eigenvalue weighted by molar-refractivity contribution is 7.89. The van der Waals surface area contributed by atoms with Crippen molar-refractivity contribution in [3.8, 4) is 0 Å². The lowest BCUT2D eigenvalue weighted by Gasteiger charge is -2.24. The molecule has 2 heterocycles. The van der Waals surface area contributed by atoms with Gasteiger partial charge in [-0.05, 0) is 51.0 Å². The van der Waals surface area contributed by atoms with Gasteiger partial charge in [0.15, 0.2) is 0 Å². The number of carbonyl (C=O) groups excluding carboxylic acids is 2. The van der Waals surface area contributed by atoms with Crippen LogP contribution in [-0.4, -0.2) is 43.2 Å². The zero-order chi connectivity index (χ0) is 21.0. The summed E-state index contributed by atoms with van der Waals surface area (Å²) in [6.45, 7) is 3.92. The first-order valence-corrected chi connectivity index (χ1v) is 10.9. The van der Waals surface area contributed by atoms with Gasteiger partial charge in [0, 0.05) is 6.54 Å². The Kier molecular flexibility index (Phi) is 6.39. The number of rotatable bonds is 7. The average molecular weight is 420 g/mol. The lowest BCUT2D eigenvalue weighted by Crippen LogP contribution is -2.51. The molecule has 0 bridgehead atoms. The van der Waals surface area contributed by atoms with Crippen molar-refractivity contribution in [3.63, 3.8) is 0 Å². The van der Waals surface area contributed by atoms with Gasteiger partial charge in [0.2, 0.25) is 21.8 Å². The summed E-state index contributed by atoms with van der Waals surface area (Å²) in [5.41, 5.74) is 0.953. The fourth-order valence-electron chi connectivity index (χ4n) is 3.25. The molecular formula is C20H25N3O5S. The fourth-order valence-corrected chi connectivity index (χ4v) is 4.91. The van der Waals surface area contributed by atoms with E-state index < -0.39 is 28.0 Å². The molecule has 0 radical (unpaired) electrons. The first kappa shape index (κ1) is 21.1. The van der Waals surface area contributed by atoms with Gasteiger partial charge in [0.1, 0.15) is 17.8 Å². The summed E-state index contributed by atoms with van der Waals surface area (Å²) in [7, 11) is -3.79. The summed E-state index contributed by atoms with van der Waals surface area (Å²) in [5, 5.41) is 5.30. The first-order chi connectivity index (χ1) is 13.8. The van der Waals surface area contributed by atoms with E-state index in [1.165, 1.54) is 10.6 Å². The van der Waals surface area contributed by atoms with Gasteiger partial charge in [-0.2, -0.15) is 4.31 Å². The molecule has 1 aliphatic heterocycles. The van der Waals surface area contributed by atoms with E-state index in [-0.39, 0.29) is 23.9 Å². The standard InChI is InChI=1S/C20H25N3O5S/c1-14-7-9-17(10-8-14)29(26,27)23-11-3-6-18(23)20(25)22-15(2)19(24)21-13-16-5-4-12-28-16/h4-5,7-10,12,15,18H,3,6,11,13H2,1-2H3,(H,21,24)(H,22,25)/t15?,18-/m0/s1. The van der Waals surface area contributed by atoms with Gasteiger partial charge in [-0.1, -0.05) is 17.7 Å². The predicted molar refractivity (Wildman–Crippen MR) is 106 cm³/mol. The van der Waals surface area contributed by atoms with Crippen molar-refractivity contribution in [2.75, 3.05) is 6.54 Å². The van der Waals surface area contributed by atoms with Crippen LogP contribution in [0.2, 0.25) is 0 Å². The van der Waals surface area contributed by atoms with E-state index in [0.29, 0.717) is 18.6 Å². The summed E-state index contributed by atoms with van der Waals surface area (Å²) in [6, 6.07) is 8.35. The summed E-state index contributed by atoms with van der Waals surface area (Å²) < 4.78 is 32.3. The molecule has 9 heteroatoms. The molecule has 29 heavy (non-hydrogen) atoms. The van der Waals surface area contributed by atoms with Crippen LogP contribution < -0.4 is 10.6 Å². The van der Waals surface area contributed by atoms with Gasteiger partial charge in [0.05, 0.1) is 17.7 Å². The van der Waals surface area contributed by atoms with E-state index in [9.17, 15) is 18.0 Å². The van der Waals surface area contributed by atoms with Crippen molar-refractivity contribution in [3.05, 3.63) is 54.0 Å². The number of nitrogens with one attached hydrogen (secondary N) is 2. The number of benzene rings is 1. The maximum atomic E-state index is 13.0. The quantitative estimate of drug-likeness (QED) is 0.708. The Hall–Kier alpha value is -2.65. The van der Waals surface area contributed by atoms with Crippen LogP contribution in [0.3, 0.4) is 0 Å². The number of amides is 2. The minimum absolute atomic E-state index is 0.159. The first-order valence-electron chi connectivity index (χ1n) is 9.48. The Bertz CT molecular complexity index is 955. The summed E-state index contributed by atoms with van der Waals surface area (Å²) in [4.78, 5) is 25.1. The molecule has 0 aliphatic carbocycles. The molecule has 1 aliphatic rings. The molecule has 1 aromatic heterocycles. The molecule has 2 N–H and O–H groups in total. The SMILES string of the molecule is Cc1ccc(S(=O)(=O)N2CCC[C@H]2C(=O)NC(C)C(=O)NCc2ccco2)cc1. The number of furan rings is 1. The van der Waals surface area contributed by atoms with E-state index in [0.717, 1.165) is 5.56 Å². The van der Waals surface area contributed by atoms with Gasteiger partial charge >= 0.3 is 0 Å². The topological polar surface area (TPSA) is 109 Å². The third-order valence-electron chi connectivity index (χ3n) is 4.90. The Labute approximate surface area is 170 Å². The molecule has 2 atom stereocenters. The zero-order valence-corrected chi connectivity index (χ0v) is 17.2. The Morgan fingerprint density at radius 2 is 1.97 bits per heavy atom. The second-order valence-corrected chi connectivity index (χ2v) is 9.00. The summed E-state index contributed by atoms with van der Waals surface area (Å²) in [5.74, 6) is -0.248. The van der Waals surface area contributed by atoms with E-state index in [1.807, 2.05) is 6.92 Å². The maximum absolute atomic E-state index is 13.0. The van der Waals surface area contributed by atoms with Gasteiger partial charge in [-0.3, -0.25) is 9.59 Å². The van der Waals surface area contributed by atoms with Gasteiger partial charge in [-0.25, -0.2) is 8.42 Å². The lowest BCUT2D eigenvalue weighted by molar-refractivity contribution is -0.130.